The summed E-state index contributed by atoms with van der Waals surface area (Å²) in [6.45, 7) is 0. The second-order valence-electron chi connectivity index (χ2n) is 4.88. The van der Waals surface area contributed by atoms with Crippen molar-refractivity contribution in [3.63, 3.8) is 0 Å². The predicted molar refractivity (Wildman–Crippen MR) is 85.1 cm³/mol. The van der Waals surface area contributed by atoms with E-state index in [1.165, 1.54) is 4.90 Å². The number of aryl methyl sites for hydroxylation is 1. The summed E-state index contributed by atoms with van der Waals surface area (Å²) >= 11 is 6.14. The van der Waals surface area contributed by atoms with Gasteiger partial charge in [-0.25, -0.2) is 0 Å². The van der Waals surface area contributed by atoms with E-state index in [1.807, 2.05) is 18.2 Å². The molecule has 2 heterocycles. The molecule has 0 unspecified atom stereocenters. The Bertz CT molecular complexity index is 822. The number of anilines is 1. The second-order valence-corrected chi connectivity index (χ2v) is 5.29. The summed E-state index contributed by atoms with van der Waals surface area (Å²) in [7, 11) is 3.47. The molecule has 0 N–H and O–H groups in total. The number of amides is 1. The molecule has 0 saturated heterocycles. The SMILES string of the molecule is CN(C(=O)c1ccc(-c2ccccc2Cl)o1)c1cnn(C)c1. The zero-order valence-corrected chi connectivity index (χ0v) is 12.9. The third kappa shape index (κ3) is 2.63. The van der Waals surface area contributed by atoms with Gasteiger partial charge in [0.1, 0.15) is 5.76 Å². The van der Waals surface area contributed by atoms with Gasteiger partial charge >= 0.3 is 0 Å². The fraction of sp³-hybridized carbons (Fsp3) is 0.125. The molecular weight excluding hydrogens is 302 g/mol. The Kier molecular flexibility index (Phi) is 3.73. The van der Waals surface area contributed by atoms with E-state index in [-0.39, 0.29) is 11.7 Å². The first-order valence-corrected chi connectivity index (χ1v) is 7.05. The van der Waals surface area contributed by atoms with Crippen molar-refractivity contribution in [3.8, 4) is 11.3 Å². The summed E-state index contributed by atoms with van der Waals surface area (Å²) in [5.74, 6) is 0.570. The summed E-state index contributed by atoms with van der Waals surface area (Å²) in [6.07, 6.45) is 3.38. The van der Waals surface area contributed by atoms with Crippen LogP contribution in [-0.4, -0.2) is 22.7 Å². The number of benzene rings is 1. The van der Waals surface area contributed by atoms with E-state index >= 15 is 0 Å². The molecule has 3 aromatic rings. The lowest BCUT2D eigenvalue weighted by atomic mass is 10.2. The van der Waals surface area contributed by atoms with E-state index in [9.17, 15) is 4.79 Å². The topological polar surface area (TPSA) is 51.3 Å². The molecule has 0 radical (unpaired) electrons. The Morgan fingerprint density at radius 3 is 2.73 bits per heavy atom. The molecule has 0 bridgehead atoms. The normalized spacial score (nSPS) is 10.7. The van der Waals surface area contributed by atoms with Gasteiger partial charge in [-0.2, -0.15) is 5.10 Å². The molecule has 5 nitrogen and oxygen atoms in total. The maximum atomic E-state index is 12.4. The minimum absolute atomic E-state index is 0.244. The van der Waals surface area contributed by atoms with E-state index in [0.717, 1.165) is 5.56 Å². The van der Waals surface area contributed by atoms with Crippen molar-refractivity contribution in [1.82, 2.24) is 9.78 Å². The first-order chi connectivity index (χ1) is 10.6. The third-order valence-electron chi connectivity index (χ3n) is 3.34. The number of nitrogens with zero attached hydrogens (tertiary/aromatic N) is 3. The fourth-order valence-electron chi connectivity index (χ4n) is 2.12. The molecule has 0 aliphatic heterocycles. The second kappa shape index (κ2) is 5.69. The number of hydrogen-bond acceptors (Lipinski definition) is 3. The Hall–Kier alpha value is -2.53. The highest BCUT2D eigenvalue weighted by Gasteiger charge is 2.19. The number of rotatable bonds is 3. The molecule has 0 aliphatic carbocycles. The van der Waals surface area contributed by atoms with Crippen molar-refractivity contribution in [2.24, 2.45) is 7.05 Å². The van der Waals surface area contributed by atoms with Crippen molar-refractivity contribution >= 4 is 23.2 Å². The van der Waals surface area contributed by atoms with Gasteiger partial charge in [-0.05, 0) is 24.3 Å². The van der Waals surface area contributed by atoms with E-state index < -0.39 is 0 Å². The summed E-state index contributed by atoms with van der Waals surface area (Å²) in [4.78, 5) is 13.9. The van der Waals surface area contributed by atoms with Crippen LogP contribution in [0.4, 0.5) is 5.69 Å². The van der Waals surface area contributed by atoms with Crippen LogP contribution in [0, 0.1) is 0 Å². The molecule has 112 valence electrons. The summed E-state index contributed by atoms with van der Waals surface area (Å²) in [6, 6.07) is 10.7. The van der Waals surface area contributed by atoms with E-state index in [0.29, 0.717) is 16.5 Å². The van der Waals surface area contributed by atoms with E-state index in [4.69, 9.17) is 16.0 Å². The zero-order chi connectivity index (χ0) is 15.7. The first kappa shape index (κ1) is 14.4. The van der Waals surface area contributed by atoms with Gasteiger partial charge in [0.25, 0.3) is 5.91 Å². The predicted octanol–water partition coefficient (Wildman–Crippen LogP) is 3.61. The van der Waals surface area contributed by atoms with Crippen LogP contribution in [-0.2, 0) is 7.05 Å². The van der Waals surface area contributed by atoms with Gasteiger partial charge in [0.15, 0.2) is 5.76 Å². The molecule has 22 heavy (non-hydrogen) atoms. The summed E-state index contributed by atoms with van der Waals surface area (Å²) in [5.41, 5.74) is 1.45. The van der Waals surface area contributed by atoms with Crippen molar-refractivity contribution in [3.05, 3.63) is 59.6 Å². The molecule has 3 rings (SSSR count). The molecule has 0 aliphatic rings. The monoisotopic (exact) mass is 315 g/mol. The van der Waals surface area contributed by atoms with Gasteiger partial charge in [-0.15, -0.1) is 0 Å². The largest absolute Gasteiger partial charge is 0.451 e. The Morgan fingerprint density at radius 2 is 2.05 bits per heavy atom. The standard InChI is InChI=1S/C16H14ClN3O2/c1-19-10-11(9-18-19)20(2)16(21)15-8-7-14(22-15)12-5-3-4-6-13(12)17/h3-10H,1-2H3. The minimum Gasteiger partial charge on any atom is -0.451 e. The third-order valence-corrected chi connectivity index (χ3v) is 3.67. The highest BCUT2D eigenvalue weighted by atomic mass is 35.5. The van der Waals surface area contributed by atoms with Crippen LogP contribution in [0.15, 0.2) is 53.2 Å². The molecule has 1 aromatic carbocycles. The Morgan fingerprint density at radius 1 is 1.27 bits per heavy atom. The number of carbonyl (C=O) groups is 1. The quantitative estimate of drug-likeness (QED) is 0.742. The average molecular weight is 316 g/mol. The van der Waals surface area contributed by atoms with Gasteiger partial charge in [-0.1, -0.05) is 23.7 Å². The number of aromatic nitrogens is 2. The highest BCUT2D eigenvalue weighted by Crippen LogP contribution is 2.29. The summed E-state index contributed by atoms with van der Waals surface area (Å²) in [5, 5.41) is 4.63. The number of carbonyl (C=O) groups excluding carboxylic acids is 1. The van der Waals surface area contributed by atoms with Gasteiger partial charge in [-0.3, -0.25) is 9.48 Å². The maximum absolute atomic E-state index is 12.4. The maximum Gasteiger partial charge on any atom is 0.293 e. The van der Waals surface area contributed by atoms with Crippen LogP contribution in [0.5, 0.6) is 0 Å². The van der Waals surface area contributed by atoms with Crippen molar-refractivity contribution in [1.29, 1.82) is 0 Å². The number of halogens is 1. The van der Waals surface area contributed by atoms with E-state index in [1.54, 1.807) is 49.4 Å². The first-order valence-electron chi connectivity index (χ1n) is 6.67. The van der Waals surface area contributed by atoms with Crippen LogP contribution >= 0.6 is 11.6 Å². The highest BCUT2D eigenvalue weighted by molar-refractivity contribution is 6.33. The minimum atomic E-state index is -0.244. The van der Waals surface area contributed by atoms with Crippen LogP contribution in [0.2, 0.25) is 5.02 Å². The Balaban J connectivity index is 1.87. The molecule has 0 saturated carbocycles. The molecule has 0 spiro atoms. The van der Waals surface area contributed by atoms with Gasteiger partial charge in [0.2, 0.25) is 0 Å². The lowest BCUT2D eigenvalue weighted by Gasteiger charge is -2.12. The van der Waals surface area contributed by atoms with Crippen molar-refractivity contribution < 1.29 is 9.21 Å². The molecule has 0 fully saturated rings. The number of furan rings is 1. The smallest absolute Gasteiger partial charge is 0.293 e. The molecule has 6 heteroatoms. The zero-order valence-electron chi connectivity index (χ0n) is 12.2. The fourth-order valence-corrected chi connectivity index (χ4v) is 2.35. The van der Waals surface area contributed by atoms with Crippen LogP contribution in [0.3, 0.4) is 0 Å². The van der Waals surface area contributed by atoms with Crippen molar-refractivity contribution in [2.45, 2.75) is 0 Å². The number of hydrogen-bond donors (Lipinski definition) is 0. The van der Waals surface area contributed by atoms with Crippen molar-refractivity contribution in [2.75, 3.05) is 11.9 Å². The average Bonchev–Trinajstić information content (AvgIpc) is 3.15. The molecule has 0 atom stereocenters. The van der Waals surface area contributed by atoms with Gasteiger partial charge in [0.05, 0.1) is 16.9 Å². The van der Waals surface area contributed by atoms with Crippen LogP contribution in [0.1, 0.15) is 10.6 Å². The summed E-state index contributed by atoms with van der Waals surface area (Å²) < 4.78 is 7.29. The van der Waals surface area contributed by atoms with Crippen LogP contribution in [0.25, 0.3) is 11.3 Å². The molecular formula is C16H14ClN3O2. The Labute approximate surface area is 132 Å². The van der Waals surface area contributed by atoms with Gasteiger partial charge in [0, 0.05) is 25.9 Å². The lowest BCUT2D eigenvalue weighted by Crippen LogP contribution is -2.25. The van der Waals surface area contributed by atoms with Crippen LogP contribution < -0.4 is 4.90 Å². The molecule has 2 aromatic heterocycles. The lowest BCUT2D eigenvalue weighted by molar-refractivity contribution is 0.0967. The van der Waals surface area contributed by atoms with E-state index in [2.05, 4.69) is 5.10 Å². The van der Waals surface area contributed by atoms with Gasteiger partial charge < -0.3 is 9.32 Å². The molecule has 1 amide bonds.